The third kappa shape index (κ3) is 10.2. The number of aliphatic hydroxyl groups is 1. The van der Waals surface area contributed by atoms with Crippen LogP contribution in [0.3, 0.4) is 0 Å². The van der Waals surface area contributed by atoms with Crippen LogP contribution in [0.15, 0.2) is 24.7 Å². The fourth-order valence-corrected chi connectivity index (χ4v) is 7.48. The molecule has 5 rings (SSSR count). The van der Waals surface area contributed by atoms with Crippen molar-refractivity contribution in [2.45, 2.75) is 54.9 Å². The summed E-state index contributed by atoms with van der Waals surface area (Å²) >= 11 is 0. The fraction of sp³-hybridized carbons (Fsp3) is 0.722. The Morgan fingerprint density at radius 2 is 1.46 bits per heavy atom. The molecule has 0 amide bonds. The van der Waals surface area contributed by atoms with Crippen molar-refractivity contribution < 1.29 is 79.5 Å². The maximum atomic E-state index is 12.6. The summed E-state index contributed by atoms with van der Waals surface area (Å²) in [5, 5.41) is 38.1. The predicted octanol–water partition coefficient (Wildman–Crippen LogP) is 1.02. The fourth-order valence-electron chi connectivity index (χ4n) is 7.48. The summed E-state index contributed by atoms with van der Waals surface area (Å²) in [5.74, 6) is -3.32. The molecule has 1 saturated heterocycles. The molecule has 1 aromatic rings. The van der Waals surface area contributed by atoms with Gasteiger partial charge in [0.25, 0.3) is 0 Å². The van der Waals surface area contributed by atoms with E-state index in [4.69, 9.17) is 69.3 Å². The topological polar surface area (TPSA) is 201 Å². The van der Waals surface area contributed by atoms with Crippen LogP contribution in [-0.2, 0) is 59.3 Å². The zero-order valence-electron chi connectivity index (χ0n) is 34.5. The van der Waals surface area contributed by atoms with Crippen molar-refractivity contribution in [3.8, 4) is 11.5 Å². The second kappa shape index (κ2) is 21.1. The van der Waals surface area contributed by atoms with Crippen LogP contribution in [-0.4, -0.2) is 174 Å². The molecule has 2 heterocycles. The van der Waals surface area contributed by atoms with E-state index in [1.54, 1.807) is 19.2 Å². The maximum Gasteiger partial charge on any atom is 0.414 e. The van der Waals surface area contributed by atoms with Gasteiger partial charge in [-0.15, -0.1) is 6.53 Å². The van der Waals surface area contributed by atoms with E-state index in [0.29, 0.717) is 98.1 Å². The summed E-state index contributed by atoms with van der Waals surface area (Å²) in [6.45, 7) is 3.21. The van der Waals surface area contributed by atoms with Gasteiger partial charge in [0.05, 0.1) is 114 Å². The van der Waals surface area contributed by atoms with Gasteiger partial charge in [-0.3, -0.25) is 4.90 Å². The normalized spacial score (nSPS) is 27.0. The Hall–Kier alpha value is -2.90. The summed E-state index contributed by atoms with van der Waals surface area (Å²) in [5.41, 5.74) is -0.801. The van der Waals surface area contributed by atoms with E-state index >= 15 is 0 Å². The van der Waals surface area contributed by atoms with Gasteiger partial charge in [-0.25, -0.2) is 9.59 Å². The highest BCUT2D eigenvalue weighted by Gasteiger charge is 2.73. The Balaban J connectivity index is 0.00000111. The van der Waals surface area contributed by atoms with Gasteiger partial charge in [-0.1, -0.05) is 12.1 Å². The molecule has 2 fully saturated rings. The van der Waals surface area contributed by atoms with E-state index in [9.17, 15) is 10.2 Å². The zero-order valence-corrected chi connectivity index (χ0v) is 29.5. The first-order chi connectivity index (χ1) is 27.2. The average Bonchev–Trinajstić information content (AvgIpc) is 3.53. The number of hydrogen-bond donors (Lipinski definition) is 4. The Labute approximate surface area is 311 Å². The van der Waals surface area contributed by atoms with Crippen molar-refractivity contribution in [3.05, 3.63) is 35.8 Å². The van der Waals surface area contributed by atoms with Crippen molar-refractivity contribution in [3.63, 3.8) is 0 Å². The first-order valence-electron chi connectivity index (χ1n) is 19.9. The Bertz CT molecular complexity index is 1490. The van der Waals surface area contributed by atoms with Gasteiger partial charge < -0.3 is 63.1 Å². The smallest absolute Gasteiger partial charge is 0.414 e. The van der Waals surface area contributed by atoms with E-state index < -0.39 is 60.3 Å². The number of carboxylic acids is 2. The highest BCUT2D eigenvalue weighted by atomic mass is 16.6. The predicted molar refractivity (Wildman–Crippen MR) is 184 cm³/mol. The lowest BCUT2D eigenvalue weighted by Crippen LogP contribution is -2.77. The Kier molecular flexibility index (Phi) is 14.1. The van der Waals surface area contributed by atoms with E-state index in [0.717, 1.165) is 11.1 Å². The van der Waals surface area contributed by atoms with Gasteiger partial charge in [0.1, 0.15) is 6.10 Å². The van der Waals surface area contributed by atoms with Gasteiger partial charge in [-0.05, 0) is 43.9 Å². The molecule has 0 aromatic heterocycles. The minimum Gasteiger partial charge on any atom is -0.504 e. The number of hydrogen-bond acceptors (Lipinski definition) is 14. The summed E-state index contributed by atoms with van der Waals surface area (Å²) in [7, 11) is 1.63. The number of methoxy groups -OCH3 is 1. The average molecular weight is 747 g/mol. The molecule has 1 saturated carbocycles. The molecular weight excluding hydrogens is 686 g/mol. The quantitative estimate of drug-likeness (QED) is 0.0663. The number of phenolic OH excluding ortho intramolecular Hbond substituents is 1. The molecule has 2 aliphatic heterocycles. The number of carbonyl (C=O) groups is 2. The van der Waals surface area contributed by atoms with Gasteiger partial charge in [0, 0.05) is 28.0 Å². The molecule has 294 valence electrons. The number of ether oxygens (including phenoxy) is 9. The summed E-state index contributed by atoms with van der Waals surface area (Å²) in [6.07, 6.45) is 0.253. The highest BCUT2D eigenvalue weighted by molar-refractivity contribution is 6.27. The minimum atomic E-state index is -2.42. The number of rotatable bonds is 24. The van der Waals surface area contributed by atoms with Crippen LogP contribution in [0.25, 0.3) is 0 Å². The molecule has 16 heteroatoms. The van der Waals surface area contributed by atoms with E-state index in [1.165, 1.54) is 4.90 Å². The van der Waals surface area contributed by atoms with Gasteiger partial charge in [-0.2, -0.15) is 0 Å². The molecule has 4 aliphatic rings. The Morgan fingerprint density at radius 3 is 1.98 bits per heavy atom. The number of piperidine rings is 1. The molecule has 2 aliphatic carbocycles. The molecule has 16 nitrogen and oxygen atoms in total. The molecule has 0 unspecified atom stereocenters. The second-order valence-corrected chi connectivity index (χ2v) is 12.5. The zero-order chi connectivity index (χ0) is 41.6. The standard InChI is InChI=1S/C34H53NO11.C2H2O4/c1-3-9-35-10-8-33-30-26-4-5-27(36)31(30)46-32(33)28(6-7-34(33,37)29(35)25-26)45-24-23-44-22-21-43-20-19-42-18-17-41-16-15-40-14-13-39-12-11-38-2;3-1(4)2(5)6/h3-5,28-29,32,36-37H,1,6-25H2,2H3;(H,3,4)(H,5,6)/t28-,29+,32-,33-,34+;/m0./s1/i1D2,3D,9D2;. The van der Waals surface area contributed by atoms with Crippen LogP contribution in [0, 0.1) is 0 Å². The largest absolute Gasteiger partial charge is 0.504 e. The third-order valence-electron chi connectivity index (χ3n) is 9.64. The van der Waals surface area contributed by atoms with Crippen LogP contribution in [0.2, 0.25) is 0 Å². The molecule has 5 atom stereocenters. The molecular formula is C36H55NO15. The number of phenols is 1. The van der Waals surface area contributed by atoms with Crippen molar-refractivity contribution in [1.82, 2.24) is 4.90 Å². The van der Waals surface area contributed by atoms with E-state index in [-0.39, 0.29) is 38.2 Å². The number of carboxylic acid groups (broad SMARTS) is 2. The highest BCUT2D eigenvalue weighted by Crippen LogP contribution is 2.65. The first kappa shape index (κ1) is 34.8. The lowest BCUT2D eigenvalue weighted by molar-refractivity contribution is -0.215. The number of aromatic hydroxyl groups is 1. The first-order valence-corrected chi connectivity index (χ1v) is 17.4. The van der Waals surface area contributed by atoms with Gasteiger partial charge in [0.2, 0.25) is 0 Å². The van der Waals surface area contributed by atoms with Crippen molar-refractivity contribution in [1.29, 1.82) is 0 Å². The molecule has 4 N–H and O–H groups in total. The summed E-state index contributed by atoms with van der Waals surface area (Å²) in [4.78, 5) is 19.6. The lowest BCUT2D eigenvalue weighted by Gasteiger charge is -2.64. The number of likely N-dealkylation sites (tertiary alicyclic amines) is 1. The second-order valence-electron chi connectivity index (χ2n) is 12.5. The van der Waals surface area contributed by atoms with Crippen molar-refractivity contribution in [2.75, 3.05) is 113 Å². The molecule has 2 bridgehead atoms. The Morgan fingerprint density at radius 1 is 0.923 bits per heavy atom. The lowest BCUT2D eigenvalue weighted by atomic mass is 9.48. The third-order valence-corrected chi connectivity index (χ3v) is 9.64. The van der Waals surface area contributed by atoms with Crippen LogP contribution >= 0.6 is 0 Å². The minimum absolute atomic E-state index is 0.0150. The molecule has 0 radical (unpaired) electrons. The summed E-state index contributed by atoms with van der Waals surface area (Å²) < 4.78 is 91.5. The number of nitrogens with zero attached hydrogens (tertiary/aromatic N) is 1. The SMILES string of the molecule is O=C(O)C(=O)O.[2H]C([2H])=C([2H])C([2H])([2H])N1CC[C@]23c4c5ccc(O)c4O[C@H]2[C@@H](OCCOCCOCCOCCOCCOCCOCCOC)CC[C@@]3(O)[C@H]1C5. The monoisotopic (exact) mass is 746 g/mol. The van der Waals surface area contributed by atoms with Crippen molar-refractivity contribution in [2.24, 2.45) is 0 Å². The van der Waals surface area contributed by atoms with Gasteiger partial charge in [0.15, 0.2) is 11.5 Å². The molecule has 52 heavy (non-hydrogen) atoms. The van der Waals surface area contributed by atoms with Crippen LogP contribution in [0.5, 0.6) is 11.5 Å². The number of benzene rings is 1. The maximum absolute atomic E-state index is 12.6. The molecule has 1 spiro atoms. The van der Waals surface area contributed by atoms with E-state index in [1.807, 2.05) is 0 Å². The van der Waals surface area contributed by atoms with Crippen LogP contribution < -0.4 is 4.74 Å². The van der Waals surface area contributed by atoms with E-state index in [2.05, 4.69) is 0 Å². The van der Waals surface area contributed by atoms with Crippen LogP contribution in [0.4, 0.5) is 0 Å². The summed E-state index contributed by atoms with van der Waals surface area (Å²) in [6, 6.07) is 1.87. The number of aliphatic carboxylic acids is 2. The molecule has 1 aromatic carbocycles. The van der Waals surface area contributed by atoms with Crippen LogP contribution in [0.1, 0.15) is 37.2 Å². The van der Waals surface area contributed by atoms with Gasteiger partial charge >= 0.3 is 11.9 Å². The van der Waals surface area contributed by atoms with Crippen molar-refractivity contribution >= 4 is 11.9 Å².